The van der Waals surface area contributed by atoms with Crippen LogP contribution in [0.4, 0.5) is 11.5 Å². The highest BCUT2D eigenvalue weighted by Crippen LogP contribution is 2.15. The molecule has 6 heteroatoms. The van der Waals surface area contributed by atoms with Gasteiger partial charge in [-0.2, -0.15) is 0 Å². The summed E-state index contributed by atoms with van der Waals surface area (Å²) < 4.78 is 5.21. The lowest BCUT2D eigenvalue weighted by Gasteiger charge is -2.08. The number of benzene rings is 2. The average Bonchev–Trinajstić information content (AvgIpc) is 2.75. The Kier molecular flexibility index (Phi) is 6.57. The van der Waals surface area contributed by atoms with Crippen molar-refractivity contribution >= 4 is 17.4 Å². The first-order valence-electron chi connectivity index (χ1n) is 9.27. The van der Waals surface area contributed by atoms with Gasteiger partial charge in [0.25, 0.3) is 5.91 Å². The van der Waals surface area contributed by atoms with Crippen molar-refractivity contribution in [1.29, 1.82) is 0 Å². The zero-order valence-electron chi connectivity index (χ0n) is 16.1. The maximum Gasteiger partial charge on any atom is 0.271 e. The summed E-state index contributed by atoms with van der Waals surface area (Å²) in [7, 11) is 1.64. The Labute approximate surface area is 165 Å². The van der Waals surface area contributed by atoms with E-state index in [1.54, 1.807) is 13.3 Å². The molecule has 144 valence electrons. The minimum atomic E-state index is -0.241. The molecule has 0 aliphatic carbocycles. The van der Waals surface area contributed by atoms with Gasteiger partial charge in [0.1, 0.15) is 17.3 Å². The normalized spacial score (nSPS) is 10.4. The van der Waals surface area contributed by atoms with Crippen molar-refractivity contribution in [2.24, 2.45) is 0 Å². The first-order chi connectivity index (χ1) is 13.7. The van der Waals surface area contributed by atoms with Crippen molar-refractivity contribution in [1.82, 2.24) is 15.3 Å². The van der Waals surface area contributed by atoms with Crippen molar-refractivity contribution in [3.05, 3.63) is 77.7 Å². The Morgan fingerprint density at radius 2 is 1.86 bits per heavy atom. The first-order valence-corrected chi connectivity index (χ1v) is 9.27. The second-order valence-electron chi connectivity index (χ2n) is 6.32. The molecule has 0 fully saturated rings. The number of hydrogen-bond acceptors (Lipinski definition) is 5. The van der Waals surface area contributed by atoms with E-state index in [1.807, 2.05) is 36.4 Å². The zero-order valence-corrected chi connectivity index (χ0v) is 16.1. The van der Waals surface area contributed by atoms with Crippen LogP contribution in [0, 0.1) is 0 Å². The largest absolute Gasteiger partial charge is 0.497 e. The molecule has 2 N–H and O–H groups in total. The van der Waals surface area contributed by atoms with Crippen molar-refractivity contribution in [3.63, 3.8) is 0 Å². The van der Waals surface area contributed by atoms with Crippen LogP contribution in [0.25, 0.3) is 0 Å². The number of nitrogens with one attached hydrogen (secondary N) is 2. The summed E-state index contributed by atoms with van der Waals surface area (Å²) in [5, 5.41) is 6.04. The lowest BCUT2D eigenvalue weighted by molar-refractivity contribution is 0.0949. The van der Waals surface area contributed by atoms with Crippen molar-refractivity contribution in [2.45, 2.75) is 19.8 Å². The van der Waals surface area contributed by atoms with Gasteiger partial charge in [-0.05, 0) is 48.2 Å². The van der Waals surface area contributed by atoms with Gasteiger partial charge < -0.3 is 15.4 Å². The monoisotopic (exact) mass is 376 g/mol. The number of anilines is 2. The first kappa shape index (κ1) is 19.4. The molecule has 0 bridgehead atoms. The molecule has 0 saturated carbocycles. The Balaban J connectivity index is 1.51. The van der Waals surface area contributed by atoms with Crippen LogP contribution < -0.4 is 15.4 Å². The van der Waals surface area contributed by atoms with Crippen LogP contribution in [-0.2, 0) is 12.8 Å². The van der Waals surface area contributed by atoms with E-state index in [2.05, 4.69) is 39.7 Å². The molecule has 0 radical (unpaired) electrons. The van der Waals surface area contributed by atoms with Crippen LogP contribution in [-0.4, -0.2) is 29.5 Å². The second kappa shape index (κ2) is 9.50. The minimum absolute atomic E-state index is 0.241. The van der Waals surface area contributed by atoms with Crippen LogP contribution in [0.1, 0.15) is 28.5 Å². The summed E-state index contributed by atoms with van der Waals surface area (Å²) in [4.78, 5) is 20.7. The van der Waals surface area contributed by atoms with Crippen LogP contribution in [0.15, 0.2) is 60.9 Å². The molecule has 3 rings (SSSR count). The topological polar surface area (TPSA) is 76.1 Å². The maximum absolute atomic E-state index is 12.2. The van der Waals surface area contributed by atoms with Crippen LogP contribution in [0.2, 0.25) is 0 Å². The lowest BCUT2D eigenvalue weighted by Crippen LogP contribution is -2.26. The Bertz CT molecular complexity index is 909. The summed E-state index contributed by atoms with van der Waals surface area (Å²) in [5.74, 6) is 1.16. The van der Waals surface area contributed by atoms with Gasteiger partial charge in [0.15, 0.2) is 0 Å². The third kappa shape index (κ3) is 5.30. The fourth-order valence-electron chi connectivity index (χ4n) is 2.72. The fourth-order valence-corrected chi connectivity index (χ4v) is 2.72. The van der Waals surface area contributed by atoms with Crippen LogP contribution >= 0.6 is 0 Å². The molecule has 0 aliphatic rings. The molecule has 1 amide bonds. The number of ether oxygens (including phenoxy) is 1. The number of carbonyl (C=O) groups is 1. The summed E-state index contributed by atoms with van der Waals surface area (Å²) in [6.07, 6.45) is 4.75. The van der Waals surface area contributed by atoms with Crippen LogP contribution in [0.5, 0.6) is 5.75 Å². The quantitative estimate of drug-likeness (QED) is 0.626. The average molecular weight is 376 g/mol. The molecule has 0 spiro atoms. The Morgan fingerprint density at radius 1 is 1.04 bits per heavy atom. The van der Waals surface area contributed by atoms with Crippen LogP contribution in [0.3, 0.4) is 0 Å². The highest BCUT2D eigenvalue weighted by atomic mass is 16.5. The number of aromatic nitrogens is 2. The summed E-state index contributed by atoms with van der Waals surface area (Å²) in [5.41, 5.74) is 3.59. The number of methoxy groups -OCH3 is 1. The Morgan fingerprint density at radius 3 is 2.54 bits per heavy atom. The molecule has 3 aromatic rings. The van der Waals surface area contributed by atoms with Gasteiger partial charge in [0, 0.05) is 12.2 Å². The van der Waals surface area contributed by atoms with Gasteiger partial charge in [-0.15, -0.1) is 0 Å². The van der Waals surface area contributed by atoms with E-state index in [0.717, 1.165) is 23.4 Å². The predicted octanol–water partition coefficient (Wildman–Crippen LogP) is 3.76. The molecule has 0 aliphatic heterocycles. The van der Waals surface area contributed by atoms with E-state index in [-0.39, 0.29) is 11.6 Å². The van der Waals surface area contributed by atoms with Crippen molar-refractivity contribution in [2.75, 3.05) is 19.0 Å². The smallest absolute Gasteiger partial charge is 0.271 e. The third-order valence-electron chi connectivity index (χ3n) is 4.35. The van der Waals surface area contributed by atoms with E-state index in [0.29, 0.717) is 18.8 Å². The molecule has 1 aromatic heterocycles. The Hall–Kier alpha value is -3.41. The number of rotatable bonds is 8. The van der Waals surface area contributed by atoms with Gasteiger partial charge in [0.2, 0.25) is 0 Å². The second-order valence-corrected chi connectivity index (χ2v) is 6.32. The van der Waals surface area contributed by atoms with Crippen molar-refractivity contribution in [3.8, 4) is 5.75 Å². The minimum Gasteiger partial charge on any atom is -0.497 e. The van der Waals surface area contributed by atoms with Gasteiger partial charge in [0.05, 0.1) is 19.5 Å². The van der Waals surface area contributed by atoms with Crippen molar-refractivity contribution < 1.29 is 9.53 Å². The van der Waals surface area contributed by atoms with Gasteiger partial charge >= 0.3 is 0 Å². The summed E-state index contributed by atoms with van der Waals surface area (Å²) >= 11 is 0. The van der Waals surface area contributed by atoms with E-state index < -0.39 is 0 Å². The molecule has 2 aromatic carbocycles. The van der Waals surface area contributed by atoms with E-state index >= 15 is 0 Å². The maximum atomic E-state index is 12.2. The van der Waals surface area contributed by atoms with E-state index in [9.17, 15) is 4.79 Å². The number of amides is 1. The molecule has 0 atom stereocenters. The third-order valence-corrected chi connectivity index (χ3v) is 4.35. The predicted molar refractivity (Wildman–Crippen MR) is 110 cm³/mol. The summed E-state index contributed by atoms with van der Waals surface area (Å²) in [6, 6.07) is 15.9. The fraction of sp³-hybridized carbons (Fsp3) is 0.227. The molecule has 0 unspecified atom stereocenters. The van der Waals surface area contributed by atoms with Gasteiger partial charge in [-0.1, -0.05) is 31.2 Å². The lowest BCUT2D eigenvalue weighted by atomic mass is 10.1. The SMILES string of the molecule is CCc1ccc(Nc2cnc(C(=O)NCCc3cccc(OC)c3)cn2)cc1. The highest BCUT2D eigenvalue weighted by molar-refractivity contribution is 5.92. The summed E-state index contributed by atoms with van der Waals surface area (Å²) in [6.45, 7) is 2.63. The zero-order chi connectivity index (χ0) is 19.8. The highest BCUT2D eigenvalue weighted by Gasteiger charge is 2.08. The molecular weight excluding hydrogens is 352 g/mol. The van der Waals surface area contributed by atoms with Gasteiger partial charge in [-0.25, -0.2) is 9.97 Å². The molecule has 0 saturated heterocycles. The molecule has 6 nitrogen and oxygen atoms in total. The number of hydrogen-bond donors (Lipinski definition) is 2. The number of carbonyl (C=O) groups excluding carboxylic acids is 1. The standard InChI is InChI=1S/C22H24N4O2/c1-3-16-7-9-18(10-8-16)26-21-15-24-20(14-25-21)22(27)23-12-11-17-5-4-6-19(13-17)28-2/h4-10,13-15H,3,11-12H2,1-2H3,(H,23,27)(H,25,26). The van der Waals surface area contributed by atoms with E-state index in [4.69, 9.17) is 4.74 Å². The van der Waals surface area contributed by atoms with E-state index in [1.165, 1.54) is 11.8 Å². The molecule has 1 heterocycles. The molecule has 28 heavy (non-hydrogen) atoms. The molecular formula is C22H24N4O2. The van der Waals surface area contributed by atoms with Gasteiger partial charge in [-0.3, -0.25) is 4.79 Å². The number of aryl methyl sites for hydroxylation is 1. The number of nitrogens with zero attached hydrogens (tertiary/aromatic N) is 2.